The van der Waals surface area contributed by atoms with E-state index in [1.54, 1.807) is 12.4 Å². The molecule has 4 aromatic carbocycles. The molecule has 0 saturated carbocycles. The van der Waals surface area contributed by atoms with Gasteiger partial charge < -0.3 is 10.2 Å². The Hall–Kier alpha value is -3.66. The van der Waals surface area contributed by atoms with Crippen molar-refractivity contribution in [2.75, 3.05) is 13.1 Å². The summed E-state index contributed by atoms with van der Waals surface area (Å²) in [4.78, 5) is 9.11. The Labute approximate surface area is 182 Å². The Balaban J connectivity index is 1.43. The van der Waals surface area contributed by atoms with Crippen molar-refractivity contribution in [3.63, 3.8) is 0 Å². The number of hydrogen-bond donors (Lipinski definition) is 2. The third-order valence-electron chi connectivity index (χ3n) is 5.36. The number of hydrogen-bond acceptors (Lipinski definition) is 4. The van der Waals surface area contributed by atoms with Crippen molar-refractivity contribution in [3.05, 3.63) is 83.9 Å². The largest absolute Gasteiger partial charge is 0.507 e. The lowest BCUT2D eigenvalue weighted by molar-refractivity contribution is 0.396. The maximum Gasteiger partial charge on any atom is 0.132 e. The van der Waals surface area contributed by atoms with Crippen molar-refractivity contribution in [1.29, 1.82) is 0 Å². The van der Waals surface area contributed by atoms with Crippen LogP contribution in [0.4, 0.5) is 0 Å². The third-order valence-corrected chi connectivity index (χ3v) is 5.36. The summed E-state index contributed by atoms with van der Waals surface area (Å²) in [7, 11) is 0. The molecule has 0 aliphatic carbocycles. The van der Waals surface area contributed by atoms with Gasteiger partial charge in [0.05, 0.1) is 0 Å². The van der Waals surface area contributed by atoms with Crippen molar-refractivity contribution >= 4 is 34.0 Å². The molecule has 0 fully saturated rings. The minimum atomic E-state index is -0.161. The molecule has 0 aliphatic heterocycles. The number of phenolic OH excluding ortho intramolecular Hbond substituents is 2. The Morgan fingerprint density at radius 3 is 1.52 bits per heavy atom. The Bertz CT molecular complexity index is 1190. The second-order valence-corrected chi connectivity index (χ2v) is 8.55. The Kier molecular flexibility index (Phi) is 5.72. The van der Waals surface area contributed by atoms with E-state index >= 15 is 0 Å². The SMILES string of the molecule is CC(C)(CN=Cc1ccc2ccccc2c1O)CN=Cc1ccc2ccccc2c1O. The standard InChI is InChI=1S/C27H26N2O2/c1-27(2,17-28-15-21-13-11-19-7-3-5-9-23(19)25(21)30)18-29-16-22-14-12-20-8-4-6-10-24(20)26(22)31/h3-16,30-31H,17-18H2,1-2H3. The van der Waals surface area contributed by atoms with Gasteiger partial charge in [-0.05, 0) is 22.9 Å². The molecule has 31 heavy (non-hydrogen) atoms. The summed E-state index contributed by atoms with van der Waals surface area (Å²) in [6.45, 7) is 5.34. The quantitative estimate of drug-likeness (QED) is 0.385. The molecule has 0 saturated heterocycles. The molecule has 0 spiro atoms. The first-order valence-corrected chi connectivity index (χ1v) is 10.4. The van der Waals surface area contributed by atoms with Gasteiger partial charge in [0.15, 0.2) is 0 Å². The Morgan fingerprint density at radius 1 is 0.645 bits per heavy atom. The normalized spacial score (nSPS) is 12.5. The first-order chi connectivity index (χ1) is 14.9. The van der Waals surface area contributed by atoms with Crippen LogP contribution < -0.4 is 0 Å². The zero-order valence-corrected chi connectivity index (χ0v) is 17.8. The molecule has 0 unspecified atom stereocenters. The van der Waals surface area contributed by atoms with Gasteiger partial charge in [0.25, 0.3) is 0 Å². The van der Waals surface area contributed by atoms with Crippen LogP contribution in [0.1, 0.15) is 25.0 Å². The highest BCUT2D eigenvalue weighted by Crippen LogP contribution is 2.29. The maximum absolute atomic E-state index is 10.5. The predicted molar refractivity (Wildman–Crippen MR) is 130 cm³/mol. The molecule has 0 amide bonds. The lowest BCUT2D eigenvalue weighted by Crippen LogP contribution is -2.19. The second-order valence-electron chi connectivity index (χ2n) is 8.55. The minimum absolute atomic E-state index is 0.161. The summed E-state index contributed by atoms with van der Waals surface area (Å²) in [5, 5.41) is 24.7. The van der Waals surface area contributed by atoms with Gasteiger partial charge in [-0.1, -0.05) is 74.5 Å². The summed E-state index contributed by atoms with van der Waals surface area (Å²) < 4.78 is 0. The van der Waals surface area contributed by atoms with Gasteiger partial charge in [-0.2, -0.15) is 0 Å². The molecule has 4 heteroatoms. The van der Waals surface area contributed by atoms with Crippen LogP contribution in [0.5, 0.6) is 11.5 Å². The van der Waals surface area contributed by atoms with E-state index in [4.69, 9.17) is 0 Å². The number of benzene rings is 4. The van der Waals surface area contributed by atoms with Crippen molar-refractivity contribution in [3.8, 4) is 11.5 Å². The summed E-state index contributed by atoms with van der Waals surface area (Å²) in [5.41, 5.74) is 1.25. The topological polar surface area (TPSA) is 65.2 Å². The van der Waals surface area contributed by atoms with Crippen LogP contribution in [0.2, 0.25) is 0 Å². The van der Waals surface area contributed by atoms with Crippen LogP contribution in [0, 0.1) is 5.41 Å². The van der Waals surface area contributed by atoms with Gasteiger partial charge >= 0.3 is 0 Å². The van der Waals surface area contributed by atoms with E-state index in [2.05, 4.69) is 23.8 Å². The van der Waals surface area contributed by atoms with Gasteiger partial charge in [0, 0.05) is 52.8 Å². The van der Waals surface area contributed by atoms with Crippen LogP contribution in [0.3, 0.4) is 0 Å². The molecule has 0 radical (unpaired) electrons. The number of fused-ring (bicyclic) bond motifs is 2. The van der Waals surface area contributed by atoms with Crippen molar-refractivity contribution < 1.29 is 10.2 Å². The average Bonchev–Trinajstić information content (AvgIpc) is 2.77. The van der Waals surface area contributed by atoms with Crippen LogP contribution in [0.25, 0.3) is 21.5 Å². The molecule has 0 aliphatic rings. The monoisotopic (exact) mass is 410 g/mol. The number of rotatable bonds is 6. The predicted octanol–water partition coefficient (Wildman–Crippen LogP) is 5.97. The number of aromatic hydroxyl groups is 2. The van der Waals surface area contributed by atoms with Gasteiger partial charge in [0.1, 0.15) is 11.5 Å². The minimum Gasteiger partial charge on any atom is -0.507 e. The fourth-order valence-corrected chi connectivity index (χ4v) is 3.58. The summed E-state index contributed by atoms with van der Waals surface area (Å²) in [6.07, 6.45) is 3.45. The van der Waals surface area contributed by atoms with Crippen LogP contribution in [-0.2, 0) is 0 Å². The van der Waals surface area contributed by atoms with Gasteiger partial charge in [-0.3, -0.25) is 9.98 Å². The zero-order chi connectivity index (χ0) is 21.8. The number of phenols is 2. The highest BCUT2D eigenvalue weighted by atomic mass is 16.3. The number of nitrogens with zero attached hydrogens (tertiary/aromatic N) is 2. The van der Waals surface area contributed by atoms with Gasteiger partial charge in [-0.25, -0.2) is 0 Å². The van der Waals surface area contributed by atoms with Gasteiger partial charge in [0.2, 0.25) is 0 Å². The summed E-state index contributed by atoms with van der Waals surface area (Å²) >= 11 is 0. The Morgan fingerprint density at radius 2 is 1.06 bits per heavy atom. The molecule has 0 bridgehead atoms. The molecular weight excluding hydrogens is 384 g/mol. The third kappa shape index (κ3) is 4.58. The lowest BCUT2D eigenvalue weighted by atomic mass is 9.94. The molecular formula is C27H26N2O2. The van der Waals surface area contributed by atoms with Crippen molar-refractivity contribution in [2.45, 2.75) is 13.8 Å². The van der Waals surface area contributed by atoms with Gasteiger partial charge in [-0.15, -0.1) is 0 Å². The fourth-order valence-electron chi connectivity index (χ4n) is 3.58. The molecule has 0 heterocycles. The highest BCUT2D eigenvalue weighted by Gasteiger charge is 2.16. The first kappa shape index (κ1) is 20.6. The molecule has 4 rings (SSSR count). The average molecular weight is 411 g/mol. The maximum atomic E-state index is 10.5. The van der Waals surface area contributed by atoms with E-state index in [1.165, 1.54) is 0 Å². The van der Waals surface area contributed by atoms with Crippen LogP contribution >= 0.6 is 0 Å². The second kappa shape index (κ2) is 8.60. The summed E-state index contributed by atoms with van der Waals surface area (Å²) in [6, 6.07) is 23.2. The smallest absolute Gasteiger partial charge is 0.132 e. The molecule has 2 N–H and O–H groups in total. The summed E-state index contributed by atoms with van der Waals surface area (Å²) in [5.74, 6) is 0.508. The molecule has 4 aromatic rings. The number of aliphatic imine (C=N–C) groups is 2. The van der Waals surface area contributed by atoms with Crippen LogP contribution in [0.15, 0.2) is 82.8 Å². The highest BCUT2D eigenvalue weighted by molar-refractivity contribution is 5.98. The molecule has 156 valence electrons. The van der Waals surface area contributed by atoms with Crippen molar-refractivity contribution in [1.82, 2.24) is 0 Å². The van der Waals surface area contributed by atoms with Crippen LogP contribution in [-0.4, -0.2) is 35.7 Å². The fraction of sp³-hybridized carbons (Fsp3) is 0.185. The van der Waals surface area contributed by atoms with E-state index in [1.807, 2.05) is 72.8 Å². The van der Waals surface area contributed by atoms with E-state index in [-0.39, 0.29) is 16.9 Å². The molecule has 0 aromatic heterocycles. The van der Waals surface area contributed by atoms with E-state index < -0.39 is 0 Å². The molecule has 4 nitrogen and oxygen atoms in total. The van der Waals surface area contributed by atoms with E-state index in [0.717, 1.165) is 21.5 Å². The first-order valence-electron chi connectivity index (χ1n) is 10.4. The van der Waals surface area contributed by atoms with Crippen molar-refractivity contribution in [2.24, 2.45) is 15.4 Å². The van der Waals surface area contributed by atoms with E-state index in [0.29, 0.717) is 24.2 Å². The lowest BCUT2D eigenvalue weighted by Gasteiger charge is -2.19. The molecule has 0 atom stereocenters. The zero-order valence-electron chi connectivity index (χ0n) is 17.8. The van der Waals surface area contributed by atoms with E-state index in [9.17, 15) is 10.2 Å².